The molecular formula is C18H12N2O5. The third kappa shape index (κ3) is 2.13. The number of fused-ring (bicyclic) bond motifs is 2. The fourth-order valence-electron chi connectivity index (χ4n) is 2.89. The lowest BCUT2D eigenvalue weighted by molar-refractivity contribution is 0.0932. The van der Waals surface area contributed by atoms with Crippen LogP contribution in [0.3, 0.4) is 0 Å². The molecule has 0 unspecified atom stereocenters. The van der Waals surface area contributed by atoms with Crippen molar-refractivity contribution in [2.75, 3.05) is 5.32 Å². The molecule has 4 rings (SSSR count). The maximum Gasteiger partial charge on any atom is 0.291 e. The number of furan rings is 1. The molecule has 0 fully saturated rings. The summed E-state index contributed by atoms with van der Waals surface area (Å²) < 4.78 is 10.5. The van der Waals surface area contributed by atoms with Crippen LogP contribution in [0.1, 0.15) is 54.0 Å². The van der Waals surface area contributed by atoms with Gasteiger partial charge in [0.15, 0.2) is 11.5 Å². The fraction of sp³-hybridized carbons (Fsp3) is 0.111. The Hall–Kier alpha value is -3.48. The molecule has 7 heteroatoms. The first-order chi connectivity index (χ1) is 12.0. The number of rotatable bonds is 2. The Morgan fingerprint density at radius 2 is 1.68 bits per heavy atom. The van der Waals surface area contributed by atoms with Crippen LogP contribution in [0.5, 0.6) is 0 Å². The van der Waals surface area contributed by atoms with Crippen LogP contribution in [-0.2, 0) is 0 Å². The molecule has 7 nitrogen and oxygen atoms in total. The molecule has 2 heterocycles. The van der Waals surface area contributed by atoms with Crippen LogP contribution >= 0.6 is 0 Å². The smallest absolute Gasteiger partial charge is 0.291 e. The lowest BCUT2D eigenvalue weighted by Gasteiger charge is -2.07. The first kappa shape index (κ1) is 15.1. The second-order valence-electron chi connectivity index (χ2n) is 5.71. The molecule has 0 bridgehead atoms. The van der Waals surface area contributed by atoms with E-state index in [2.05, 4.69) is 10.5 Å². The van der Waals surface area contributed by atoms with Crippen molar-refractivity contribution in [3.05, 3.63) is 70.0 Å². The van der Waals surface area contributed by atoms with Crippen molar-refractivity contribution in [2.45, 2.75) is 13.8 Å². The highest BCUT2D eigenvalue weighted by Gasteiger charge is 2.41. The standard InChI is InChI=1S/C18H12N2O5/c1-8-11-13(21)17-12(9(2)20-25-17)14(22)16(11)24-15(8)18(23)19-10-6-4-3-5-7-10/h3-7H,1-2H3,(H,19,23). The normalized spacial score (nSPS) is 12.7. The summed E-state index contributed by atoms with van der Waals surface area (Å²) in [5.41, 5.74) is 1.31. The Morgan fingerprint density at radius 1 is 1.00 bits per heavy atom. The van der Waals surface area contributed by atoms with Crippen molar-refractivity contribution in [3.8, 4) is 0 Å². The number of amides is 1. The van der Waals surface area contributed by atoms with Crippen LogP contribution in [0.25, 0.3) is 0 Å². The van der Waals surface area contributed by atoms with Crippen molar-refractivity contribution < 1.29 is 23.3 Å². The number of anilines is 1. The van der Waals surface area contributed by atoms with Gasteiger partial charge in [0, 0.05) is 11.3 Å². The van der Waals surface area contributed by atoms with E-state index in [1.54, 1.807) is 38.1 Å². The summed E-state index contributed by atoms with van der Waals surface area (Å²) in [5, 5.41) is 6.34. The van der Waals surface area contributed by atoms with Gasteiger partial charge in [-0.3, -0.25) is 14.4 Å². The van der Waals surface area contributed by atoms with E-state index in [-0.39, 0.29) is 28.4 Å². The quantitative estimate of drug-likeness (QED) is 0.604. The number of nitrogens with one attached hydrogen (secondary N) is 1. The number of hydrogen-bond donors (Lipinski definition) is 1. The maximum atomic E-state index is 12.6. The minimum atomic E-state index is -0.537. The average Bonchev–Trinajstić information content (AvgIpc) is 3.15. The van der Waals surface area contributed by atoms with Crippen molar-refractivity contribution in [1.29, 1.82) is 0 Å². The molecule has 0 saturated heterocycles. The molecule has 0 aliphatic heterocycles. The van der Waals surface area contributed by atoms with Gasteiger partial charge in [0.1, 0.15) is 5.56 Å². The Bertz CT molecular complexity index is 1040. The van der Waals surface area contributed by atoms with E-state index in [1.165, 1.54) is 0 Å². The van der Waals surface area contributed by atoms with Gasteiger partial charge in [-0.05, 0) is 26.0 Å². The number of nitrogens with zero attached hydrogens (tertiary/aromatic N) is 1. The zero-order valence-electron chi connectivity index (χ0n) is 13.4. The second kappa shape index (κ2) is 5.27. The first-order valence-corrected chi connectivity index (χ1v) is 7.54. The van der Waals surface area contributed by atoms with Gasteiger partial charge in [-0.25, -0.2) is 0 Å². The largest absolute Gasteiger partial charge is 0.446 e. The molecule has 0 atom stereocenters. The molecule has 1 N–H and O–H groups in total. The molecule has 1 aromatic carbocycles. The number of para-hydroxylation sites is 1. The number of aromatic nitrogens is 1. The molecule has 124 valence electrons. The Kier molecular flexibility index (Phi) is 3.18. The van der Waals surface area contributed by atoms with Crippen LogP contribution in [0.4, 0.5) is 5.69 Å². The van der Waals surface area contributed by atoms with Crippen molar-refractivity contribution >= 4 is 23.2 Å². The Labute approximate surface area is 141 Å². The predicted octanol–water partition coefficient (Wildman–Crippen LogP) is 2.91. The summed E-state index contributed by atoms with van der Waals surface area (Å²) in [7, 11) is 0. The lowest BCUT2D eigenvalue weighted by atomic mass is 9.90. The van der Waals surface area contributed by atoms with E-state index in [1.807, 2.05) is 6.07 Å². The van der Waals surface area contributed by atoms with E-state index < -0.39 is 17.5 Å². The summed E-state index contributed by atoms with van der Waals surface area (Å²) in [6.07, 6.45) is 0. The molecule has 25 heavy (non-hydrogen) atoms. The number of ketones is 2. The minimum Gasteiger partial charge on any atom is -0.446 e. The minimum absolute atomic E-state index is 0.0480. The Balaban J connectivity index is 1.78. The summed E-state index contributed by atoms with van der Waals surface area (Å²) in [6, 6.07) is 8.81. The molecule has 3 aromatic rings. The first-order valence-electron chi connectivity index (χ1n) is 7.54. The van der Waals surface area contributed by atoms with Gasteiger partial charge in [0.2, 0.25) is 17.3 Å². The van der Waals surface area contributed by atoms with Crippen LogP contribution in [0.15, 0.2) is 39.3 Å². The highest BCUT2D eigenvalue weighted by molar-refractivity contribution is 6.28. The van der Waals surface area contributed by atoms with Gasteiger partial charge in [-0.15, -0.1) is 0 Å². The van der Waals surface area contributed by atoms with Gasteiger partial charge < -0.3 is 14.3 Å². The number of benzene rings is 1. The van der Waals surface area contributed by atoms with Gasteiger partial charge in [-0.2, -0.15) is 0 Å². The van der Waals surface area contributed by atoms with Crippen LogP contribution < -0.4 is 5.32 Å². The van der Waals surface area contributed by atoms with Crippen LogP contribution in [0, 0.1) is 13.8 Å². The maximum absolute atomic E-state index is 12.6. The number of carbonyl (C=O) groups is 3. The topological polar surface area (TPSA) is 102 Å². The van der Waals surface area contributed by atoms with Gasteiger partial charge in [-0.1, -0.05) is 23.4 Å². The van der Waals surface area contributed by atoms with E-state index in [4.69, 9.17) is 8.94 Å². The third-order valence-electron chi connectivity index (χ3n) is 4.11. The van der Waals surface area contributed by atoms with E-state index >= 15 is 0 Å². The molecule has 0 spiro atoms. The van der Waals surface area contributed by atoms with E-state index in [0.717, 1.165) is 0 Å². The van der Waals surface area contributed by atoms with Crippen molar-refractivity contribution in [2.24, 2.45) is 0 Å². The molecule has 1 aliphatic rings. The van der Waals surface area contributed by atoms with Crippen molar-refractivity contribution in [1.82, 2.24) is 5.16 Å². The molecule has 1 amide bonds. The molecular weight excluding hydrogens is 324 g/mol. The highest BCUT2D eigenvalue weighted by Crippen LogP contribution is 2.34. The zero-order valence-corrected chi connectivity index (χ0v) is 13.4. The summed E-state index contributed by atoms with van der Waals surface area (Å²) in [4.78, 5) is 37.7. The summed E-state index contributed by atoms with van der Waals surface area (Å²) in [5.74, 6) is -1.90. The van der Waals surface area contributed by atoms with Crippen LogP contribution in [0.2, 0.25) is 0 Å². The summed E-state index contributed by atoms with van der Waals surface area (Å²) >= 11 is 0. The number of carbonyl (C=O) groups excluding carboxylic acids is 3. The SMILES string of the molecule is Cc1noc2c1C(=O)c1oc(C(=O)Nc3ccccc3)c(C)c1C2=O. The second-order valence-corrected chi connectivity index (χ2v) is 5.71. The fourth-order valence-corrected chi connectivity index (χ4v) is 2.89. The molecule has 0 radical (unpaired) electrons. The third-order valence-corrected chi connectivity index (χ3v) is 4.11. The molecule has 2 aromatic heterocycles. The van der Waals surface area contributed by atoms with E-state index in [9.17, 15) is 14.4 Å². The monoisotopic (exact) mass is 336 g/mol. The summed E-state index contributed by atoms with van der Waals surface area (Å²) in [6.45, 7) is 3.12. The zero-order chi connectivity index (χ0) is 17.7. The lowest BCUT2D eigenvalue weighted by Crippen LogP contribution is -2.19. The highest BCUT2D eigenvalue weighted by atomic mass is 16.5. The number of aryl methyl sites for hydroxylation is 1. The number of hydrogen-bond acceptors (Lipinski definition) is 6. The average molecular weight is 336 g/mol. The van der Waals surface area contributed by atoms with Crippen LogP contribution in [-0.4, -0.2) is 22.6 Å². The molecule has 1 aliphatic carbocycles. The Morgan fingerprint density at radius 3 is 2.40 bits per heavy atom. The van der Waals surface area contributed by atoms with E-state index in [0.29, 0.717) is 16.9 Å². The van der Waals surface area contributed by atoms with Crippen molar-refractivity contribution in [3.63, 3.8) is 0 Å². The predicted molar refractivity (Wildman–Crippen MR) is 85.9 cm³/mol. The molecule has 0 saturated carbocycles. The van der Waals surface area contributed by atoms with Gasteiger partial charge in [0.05, 0.1) is 11.3 Å². The van der Waals surface area contributed by atoms with Gasteiger partial charge in [0.25, 0.3) is 5.91 Å². The van der Waals surface area contributed by atoms with Gasteiger partial charge >= 0.3 is 0 Å².